The molecule has 3 heterocycles. The van der Waals surface area contributed by atoms with Gasteiger partial charge in [0.1, 0.15) is 5.56 Å². The van der Waals surface area contributed by atoms with Gasteiger partial charge in [-0.1, -0.05) is 6.92 Å². The molecule has 24 heavy (non-hydrogen) atoms. The molecule has 0 unspecified atom stereocenters. The average molecular weight is 329 g/mol. The van der Waals surface area contributed by atoms with E-state index in [1.165, 1.54) is 10.5 Å². The fourth-order valence-electron chi connectivity index (χ4n) is 3.64. The molecular weight excluding hydrogens is 306 g/mol. The van der Waals surface area contributed by atoms with Gasteiger partial charge in [-0.15, -0.1) is 0 Å². The van der Waals surface area contributed by atoms with Crippen molar-refractivity contribution in [2.75, 3.05) is 18.0 Å². The normalized spacial score (nSPS) is 18.1. The van der Waals surface area contributed by atoms with Gasteiger partial charge >= 0.3 is 5.97 Å². The van der Waals surface area contributed by atoms with E-state index in [-0.39, 0.29) is 11.6 Å². The Bertz CT molecular complexity index is 857. The summed E-state index contributed by atoms with van der Waals surface area (Å²) in [7, 11) is 0. The Morgan fingerprint density at radius 2 is 2.21 bits per heavy atom. The van der Waals surface area contributed by atoms with Crippen molar-refractivity contribution < 1.29 is 9.90 Å². The number of pyridine rings is 2. The highest BCUT2D eigenvalue weighted by atomic mass is 16.4. The van der Waals surface area contributed by atoms with E-state index in [2.05, 4.69) is 4.90 Å². The van der Waals surface area contributed by atoms with Gasteiger partial charge in [0.05, 0.1) is 5.52 Å². The second-order valence-electron chi connectivity index (χ2n) is 6.44. The molecule has 0 spiro atoms. The molecule has 0 amide bonds. The molecule has 0 aliphatic carbocycles. The molecule has 0 saturated carbocycles. The largest absolute Gasteiger partial charge is 0.477 e. The maximum Gasteiger partial charge on any atom is 0.341 e. The molecule has 0 bridgehead atoms. The van der Waals surface area contributed by atoms with E-state index in [9.17, 15) is 14.7 Å². The number of carboxylic acids is 1. The zero-order chi connectivity index (χ0) is 17.4. The second-order valence-corrected chi connectivity index (χ2v) is 6.44. The molecule has 6 nitrogen and oxygen atoms in total. The fraction of sp³-hybridized carbons (Fsp3) is 0.444. The van der Waals surface area contributed by atoms with Gasteiger partial charge in [0.2, 0.25) is 0 Å². The SMILES string of the molecule is CCc1cc(C(=O)O)c(=O)n2ccc(N3CCC[C@H](N)C3)c(C)c12. The number of nitrogens with zero attached hydrogens (tertiary/aromatic N) is 2. The highest BCUT2D eigenvalue weighted by Crippen LogP contribution is 2.28. The van der Waals surface area contributed by atoms with Gasteiger partial charge in [-0.2, -0.15) is 0 Å². The smallest absolute Gasteiger partial charge is 0.341 e. The van der Waals surface area contributed by atoms with Gasteiger partial charge in [-0.25, -0.2) is 4.79 Å². The zero-order valence-electron chi connectivity index (χ0n) is 14.1. The number of rotatable bonds is 3. The van der Waals surface area contributed by atoms with Crippen molar-refractivity contribution in [2.45, 2.75) is 39.2 Å². The Kier molecular flexibility index (Phi) is 4.32. The summed E-state index contributed by atoms with van der Waals surface area (Å²) in [6.07, 6.45) is 4.43. The molecule has 1 aliphatic rings. The number of piperidine rings is 1. The molecule has 1 atom stereocenters. The van der Waals surface area contributed by atoms with Crippen LogP contribution in [0, 0.1) is 6.92 Å². The van der Waals surface area contributed by atoms with E-state index in [0.717, 1.165) is 48.3 Å². The Morgan fingerprint density at radius 3 is 2.83 bits per heavy atom. The van der Waals surface area contributed by atoms with Gasteiger partial charge < -0.3 is 15.7 Å². The highest BCUT2D eigenvalue weighted by molar-refractivity contribution is 5.88. The number of nitrogens with two attached hydrogens (primary N) is 1. The summed E-state index contributed by atoms with van der Waals surface area (Å²) in [5.74, 6) is -1.19. The van der Waals surface area contributed by atoms with Crippen molar-refractivity contribution in [2.24, 2.45) is 5.73 Å². The number of aromatic carboxylic acids is 1. The predicted molar refractivity (Wildman–Crippen MR) is 94.2 cm³/mol. The zero-order valence-corrected chi connectivity index (χ0v) is 14.1. The number of aryl methyl sites for hydroxylation is 2. The first-order valence-electron chi connectivity index (χ1n) is 8.35. The summed E-state index contributed by atoms with van der Waals surface area (Å²) in [5, 5.41) is 9.27. The molecule has 6 heteroatoms. The van der Waals surface area contributed by atoms with E-state index < -0.39 is 11.5 Å². The third-order valence-corrected chi connectivity index (χ3v) is 4.84. The number of carbonyl (C=O) groups is 1. The quantitative estimate of drug-likeness (QED) is 0.896. The number of fused-ring (bicyclic) bond motifs is 1. The minimum Gasteiger partial charge on any atom is -0.477 e. The summed E-state index contributed by atoms with van der Waals surface area (Å²) in [6, 6.07) is 3.57. The molecule has 1 fully saturated rings. The Balaban J connectivity index is 2.23. The van der Waals surface area contributed by atoms with Crippen molar-refractivity contribution in [1.29, 1.82) is 0 Å². The first kappa shape index (κ1) is 16.5. The van der Waals surface area contributed by atoms with Gasteiger partial charge in [0.15, 0.2) is 0 Å². The molecule has 128 valence electrons. The number of anilines is 1. The molecule has 0 aromatic carbocycles. The monoisotopic (exact) mass is 329 g/mol. The van der Waals surface area contributed by atoms with Crippen LogP contribution in [-0.2, 0) is 6.42 Å². The van der Waals surface area contributed by atoms with Crippen LogP contribution in [0.1, 0.15) is 41.3 Å². The third-order valence-electron chi connectivity index (χ3n) is 4.84. The lowest BCUT2D eigenvalue weighted by Crippen LogP contribution is -2.43. The molecule has 0 radical (unpaired) electrons. The van der Waals surface area contributed by atoms with E-state index in [1.807, 2.05) is 19.9 Å². The Labute approximate surface area is 140 Å². The van der Waals surface area contributed by atoms with Crippen LogP contribution in [0.3, 0.4) is 0 Å². The molecule has 3 rings (SSSR count). The van der Waals surface area contributed by atoms with Crippen molar-refractivity contribution in [3.05, 3.63) is 45.4 Å². The van der Waals surface area contributed by atoms with E-state index in [0.29, 0.717) is 6.42 Å². The number of hydrogen-bond donors (Lipinski definition) is 2. The summed E-state index contributed by atoms with van der Waals surface area (Å²) in [4.78, 5) is 26.1. The van der Waals surface area contributed by atoms with Crippen molar-refractivity contribution >= 4 is 17.2 Å². The van der Waals surface area contributed by atoms with Crippen LogP contribution in [0.5, 0.6) is 0 Å². The van der Waals surface area contributed by atoms with E-state index in [4.69, 9.17) is 5.73 Å². The second kappa shape index (κ2) is 6.28. The lowest BCUT2D eigenvalue weighted by molar-refractivity contribution is 0.0694. The van der Waals surface area contributed by atoms with E-state index >= 15 is 0 Å². The summed E-state index contributed by atoms with van der Waals surface area (Å²) in [5.41, 5.74) is 9.17. The van der Waals surface area contributed by atoms with Gasteiger partial charge in [0.25, 0.3) is 5.56 Å². The highest BCUT2D eigenvalue weighted by Gasteiger charge is 2.21. The maximum absolute atomic E-state index is 12.5. The molecular formula is C18H23N3O3. The first-order chi connectivity index (χ1) is 11.4. The third kappa shape index (κ3) is 2.67. The fourth-order valence-corrected chi connectivity index (χ4v) is 3.64. The summed E-state index contributed by atoms with van der Waals surface area (Å²) >= 11 is 0. The van der Waals surface area contributed by atoms with Gasteiger partial charge in [-0.3, -0.25) is 9.20 Å². The van der Waals surface area contributed by atoms with Crippen LogP contribution >= 0.6 is 0 Å². The minimum atomic E-state index is -1.19. The maximum atomic E-state index is 12.5. The lowest BCUT2D eigenvalue weighted by Gasteiger charge is -2.34. The van der Waals surface area contributed by atoms with Crippen molar-refractivity contribution in [1.82, 2.24) is 4.40 Å². The van der Waals surface area contributed by atoms with E-state index in [1.54, 1.807) is 6.20 Å². The summed E-state index contributed by atoms with van der Waals surface area (Å²) in [6.45, 7) is 5.71. The van der Waals surface area contributed by atoms with Crippen LogP contribution < -0.4 is 16.2 Å². The number of hydrogen-bond acceptors (Lipinski definition) is 4. The van der Waals surface area contributed by atoms with Crippen molar-refractivity contribution in [3.63, 3.8) is 0 Å². The van der Waals surface area contributed by atoms with Gasteiger partial charge in [0, 0.05) is 31.0 Å². The topological polar surface area (TPSA) is 88.0 Å². The molecule has 2 aromatic heterocycles. The van der Waals surface area contributed by atoms with Crippen molar-refractivity contribution in [3.8, 4) is 0 Å². The Morgan fingerprint density at radius 1 is 1.46 bits per heavy atom. The number of aromatic nitrogens is 1. The minimum absolute atomic E-state index is 0.164. The molecule has 2 aromatic rings. The molecule has 1 aliphatic heterocycles. The van der Waals surface area contributed by atoms with Crippen LogP contribution in [0.4, 0.5) is 5.69 Å². The molecule has 1 saturated heterocycles. The van der Waals surface area contributed by atoms with Crippen LogP contribution in [0.2, 0.25) is 0 Å². The first-order valence-corrected chi connectivity index (χ1v) is 8.35. The predicted octanol–water partition coefficient (Wildman–Crippen LogP) is 1.80. The lowest BCUT2D eigenvalue weighted by atomic mass is 10.0. The van der Waals surface area contributed by atoms with Gasteiger partial charge in [-0.05, 0) is 49.4 Å². The molecule has 3 N–H and O–H groups in total. The van der Waals surface area contributed by atoms with Crippen LogP contribution in [-0.4, -0.2) is 34.6 Å². The summed E-state index contributed by atoms with van der Waals surface area (Å²) < 4.78 is 1.46. The average Bonchev–Trinajstić information content (AvgIpc) is 2.55. The van der Waals surface area contributed by atoms with Crippen LogP contribution in [0.25, 0.3) is 5.52 Å². The Hall–Kier alpha value is -2.34. The standard InChI is InChI=1S/C18H23N3O3/c1-3-12-9-14(18(23)24)17(22)21-8-6-15(11(2)16(12)21)20-7-4-5-13(19)10-20/h6,8-9,13H,3-5,7,10,19H2,1-2H3,(H,23,24)/t13-/m0/s1. The van der Waals surface area contributed by atoms with Crippen LogP contribution in [0.15, 0.2) is 23.1 Å². The number of carboxylic acid groups (broad SMARTS) is 1.